The fourth-order valence-corrected chi connectivity index (χ4v) is 3.51. The molecule has 3 unspecified atom stereocenters. The van der Waals surface area contributed by atoms with E-state index in [-0.39, 0.29) is 0 Å². The molecule has 2 rings (SSSR count). The third kappa shape index (κ3) is 3.28. The topological polar surface area (TPSA) is 38.0 Å². The van der Waals surface area contributed by atoms with Gasteiger partial charge in [-0.15, -0.1) is 11.8 Å². The summed E-state index contributed by atoms with van der Waals surface area (Å²) in [7, 11) is 0. The van der Waals surface area contributed by atoms with E-state index in [1.165, 1.54) is 36.1 Å². The van der Waals surface area contributed by atoms with E-state index >= 15 is 0 Å². The Labute approximate surface area is 115 Å². The van der Waals surface area contributed by atoms with Crippen LogP contribution in [0.4, 0.5) is 0 Å². The Hall–Kier alpha value is -0.510. The second-order valence-corrected chi connectivity index (χ2v) is 6.33. The van der Waals surface area contributed by atoms with E-state index in [2.05, 4.69) is 42.9 Å². The Balaban J connectivity index is 2.11. The van der Waals surface area contributed by atoms with Crippen LogP contribution in [0.25, 0.3) is 0 Å². The van der Waals surface area contributed by atoms with Gasteiger partial charge in [0, 0.05) is 10.9 Å². The SMILES string of the molecule is CSc1ccc(C(NN)C2CCCC(C)C2)cc1. The molecule has 0 aromatic heterocycles. The van der Waals surface area contributed by atoms with E-state index < -0.39 is 0 Å². The summed E-state index contributed by atoms with van der Waals surface area (Å²) in [4.78, 5) is 1.31. The number of hydrogen-bond acceptors (Lipinski definition) is 3. The number of rotatable bonds is 4. The van der Waals surface area contributed by atoms with E-state index in [4.69, 9.17) is 5.84 Å². The highest BCUT2D eigenvalue weighted by atomic mass is 32.2. The Kier molecular flexibility index (Phi) is 5.10. The molecule has 0 aliphatic heterocycles. The van der Waals surface area contributed by atoms with E-state index in [9.17, 15) is 0 Å². The van der Waals surface area contributed by atoms with Crippen molar-refractivity contribution in [1.29, 1.82) is 0 Å². The van der Waals surface area contributed by atoms with Crippen LogP contribution in [0.3, 0.4) is 0 Å². The zero-order chi connectivity index (χ0) is 13.0. The molecule has 1 fully saturated rings. The maximum atomic E-state index is 5.80. The highest BCUT2D eigenvalue weighted by molar-refractivity contribution is 7.98. The van der Waals surface area contributed by atoms with Crippen molar-refractivity contribution in [2.24, 2.45) is 17.7 Å². The molecule has 1 aromatic carbocycles. The number of hydrazine groups is 1. The van der Waals surface area contributed by atoms with Crippen LogP contribution in [0, 0.1) is 11.8 Å². The van der Waals surface area contributed by atoms with E-state index in [1.54, 1.807) is 11.8 Å². The minimum atomic E-state index is 0.309. The minimum Gasteiger partial charge on any atom is -0.271 e. The summed E-state index contributed by atoms with van der Waals surface area (Å²) < 4.78 is 0. The number of thioether (sulfide) groups is 1. The minimum absolute atomic E-state index is 0.309. The van der Waals surface area contributed by atoms with Crippen molar-refractivity contribution < 1.29 is 0 Å². The molecule has 0 amide bonds. The predicted octanol–water partition coefficient (Wildman–Crippen LogP) is 3.74. The average Bonchev–Trinajstić information content (AvgIpc) is 2.40. The molecule has 3 heteroatoms. The van der Waals surface area contributed by atoms with Crippen LogP contribution >= 0.6 is 11.8 Å². The van der Waals surface area contributed by atoms with Crippen LogP contribution in [0.2, 0.25) is 0 Å². The van der Waals surface area contributed by atoms with Gasteiger partial charge in [0.2, 0.25) is 0 Å². The summed E-state index contributed by atoms with van der Waals surface area (Å²) in [5.41, 5.74) is 4.37. The second kappa shape index (κ2) is 6.60. The smallest absolute Gasteiger partial charge is 0.0488 e. The quantitative estimate of drug-likeness (QED) is 0.494. The lowest BCUT2D eigenvalue weighted by atomic mass is 9.77. The average molecular weight is 264 g/mol. The Morgan fingerprint density at radius 2 is 2.00 bits per heavy atom. The van der Waals surface area contributed by atoms with Gasteiger partial charge in [-0.2, -0.15) is 0 Å². The molecule has 3 atom stereocenters. The van der Waals surface area contributed by atoms with Crippen molar-refractivity contribution in [1.82, 2.24) is 5.43 Å². The Morgan fingerprint density at radius 3 is 2.56 bits per heavy atom. The van der Waals surface area contributed by atoms with Crippen LogP contribution in [-0.4, -0.2) is 6.26 Å². The fourth-order valence-electron chi connectivity index (χ4n) is 3.10. The molecule has 3 N–H and O–H groups in total. The molecule has 1 aliphatic rings. The molecule has 0 heterocycles. The first-order valence-electron chi connectivity index (χ1n) is 6.84. The highest BCUT2D eigenvalue weighted by Crippen LogP contribution is 2.37. The summed E-state index contributed by atoms with van der Waals surface area (Å²) in [6.07, 6.45) is 7.41. The maximum Gasteiger partial charge on any atom is 0.0488 e. The molecule has 1 saturated carbocycles. The van der Waals surface area contributed by atoms with Gasteiger partial charge < -0.3 is 0 Å². The van der Waals surface area contributed by atoms with Gasteiger partial charge in [0.05, 0.1) is 0 Å². The van der Waals surface area contributed by atoms with Gasteiger partial charge in [-0.1, -0.05) is 31.9 Å². The summed E-state index contributed by atoms with van der Waals surface area (Å²) in [5.74, 6) is 7.31. The van der Waals surface area contributed by atoms with Crippen molar-refractivity contribution in [2.75, 3.05) is 6.26 Å². The maximum absolute atomic E-state index is 5.80. The van der Waals surface area contributed by atoms with E-state index in [1.807, 2.05) is 0 Å². The molecule has 0 spiro atoms. The molecular weight excluding hydrogens is 240 g/mol. The number of hydrogen-bond donors (Lipinski definition) is 2. The molecule has 18 heavy (non-hydrogen) atoms. The molecule has 0 radical (unpaired) electrons. The van der Waals surface area contributed by atoms with Gasteiger partial charge in [-0.05, 0) is 48.6 Å². The van der Waals surface area contributed by atoms with Gasteiger partial charge in [-0.25, -0.2) is 0 Å². The second-order valence-electron chi connectivity index (χ2n) is 5.45. The zero-order valence-electron chi connectivity index (χ0n) is 11.4. The molecular formula is C15H24N2S. The van der Waals surface area contributed by atoms with Crippen LogP contribution in [0.1, 0.15) is 44.2 Å². The molecule has 0 bridgehead atoms. The van der Waals surface area contributed by atoms with Crippen LogP contribution in [-0.2, 0) is 0 Å². The van der Waals surface area contributed by atoms with E-state index in [0.717, 1.165) is 5.92 Å². The summed E-state index contributed by atoms with van der Waals surface area (Å²) in [5, 5.41) is 0. The monoisotopic (exact) mass is 264 g/mol. The summed E-state index contributed by atoms with van der Waals surface area (Å²) >= 11 is 1.78. The normalized spacial score (nSPS) is 25.9. The lowest BCUT2D eigenvalue weighted by molar-refractivity contribution is 0.224. The highest BCUT2D eigenvalue weighted by Gasteiger charge is 2.26. The van der Waals surface area contributed by atoms with Crippen molar-refractivity contribution in [3.05, 3.63) is 29.8 Å². The van der Waals surface area contributed by atoms with Gasteiger partial charge in [0.15, 0.2) is 0 Å². The Bertz CT molecular complexity index is 363. The van der Waals surface area contributed by atoms with Crippen molar-refractivity contribution in [3.63, 3.8) is 0 Å². The van der Waals surface area contributed by atoms with Crippen molar-refractivity contribution >= 4 is 11.8 Å². The molecule has 100 valence electrons. The van der Waals surface area contributed by atoms with Crippen molar-refractivity contribution in [3.8, 4) is 0 Å². The van der Waals surface area contributed by atoms with Gasteiger partial charge in [0.25, 0.3) is 0 Å². The molecule has 0 saturated heterocycles. The van der Waals surface area contributed by atoms with Crippen LogP contribution in [0.5, 0.6) is 0 Å². The predicted molar refractivity (Wildman–Crippen MR) is 79.4 cm³/mol. The lowest BCUT2D eigenvalue weighted by Gasteiger charge is -2.33. The van der Waals surface area contributed by atoms with Gasteiger partial charge >= 0.3 is 0 Å². The number of nitrogens with two attached hydrogens (primary N) is 1. The standard InChI is InChI=1S/C15H24N2S/c1-11-4-3-5-13(10-11)15(17-16)12-6-8-14(18-2)9-7-12/h6-9,11,13,15,17H,3-5,10,16H2,1-2H3. The Morgan fingerprint density at radius 1 is 1.28 bits per heavy atom. The third-order valence-corrected chi connectivity index (χ3v) is 4.85. The number of benzene rings is 1. The van der Waals surface area contributed by atoms with Crippen LogP contribution < -0.4 is 11.3 Å². The first-order valence-corrected chi connectivity index (χ1v) is 8.07. The largest absolute Gasteiger partial charge is 0.271 e. The van der Waals surface area contributed by atoms with Gasteiger partial charge in [-0.3, -0.25) is 11.3 Å². The lowest BCUT2D eigenvalue weighted by Crippen LogP contribution is -2.35. The zero-order valence-corrected chi connectivity index (χ0v) is 12.2. The summed E-state index contributed by atoms with van der Waals surface area (Å²) in [6, 6.07) is 9.13. The molecule has 1 aromatic rings. The number of nitrogens with one attached hydrogen (secondary N) is 1. The summed E-state index contributed by atoms with van der Waals surface area (Å²) in [6.45, 7) is 2.36. The fraction of sp³-hybridized carbons (Fsp3) is 0.600. The van der Waals surface area contributed by atoms with Crippen LogP contribution in [0.15, 0.2) is 29.2 Å². The first kappa shape index (κ1) is 13.9. The van der Waals surface area contributed by atoms with Gasteiger partial charge in [0.1, 0.15) is 0 Å². The molecule has 2 nitrogen and oxygen atoms in total. The third-order valence-electron chi connectivity index (χ3n) is 4.10. The first-order chi connectivity index (χ1) is 8.74. The molecule has 1 aliphatic carbocycles. The van der Waals surface area contributed by atoms with E-state index in [0.29, 0.717) is 12.0 Å². The van der Waals surface area contributed by atoms with Crippen molar-refractivity contribution in [2.45, 2.75) is 43.5 Å².